The minimum absolute atomic E-state index is 0.0941. The molecule has 0 aliphatic carbocycles. The van der Waals surface area contributed by atoms with Crippen LogP contribution in [-0.2, 0) is 20.8 Å². The highest BCUT2D eigenvalue weighted by Crippen LogP contribution is 2.34. The number of para-hydroxylation sites is 1. The molecule has 1 N–H and O–H groups in total. The Morgan fingerprint density at radius 2 is 1.90 bits per heavy atom. The number of imide groups is 1. The highest BCUT2D eigenvalue weighted by atomic mass is 16.4. The standard InChI is InChI=1S/C22H19N3O4/c1-14(26)25-21(27)18(20(23-25)22(28)29)13-15-9-10-19-16(12-15)6-5-11-24(19)17-7-3-2-4-8-17/h2-4,7-10,12-13H,5-6,11H2,1H3,(H,28,29)/b18-13-. The number of carboxylic acid groups (broad SMARTS) is 1. The predicted octanol–water partition coefficient (Wildman–Crippen LogP) is 2.98. The number of rotatable bonds is 3. The lowest BCUT2D eigenvalue weighted by atomic mass is 9.97. The van der Waals surface area contributed by atoms with E-state index in [1.165, 1.54) is 13.0 Å². The average molecular weight is 389 g/mol. The van der Waals surface area contributed by atoms with Crippen LogP contribution in [0.4, 0.5) is 11.4 Å². The van der Waals surface area contributed by atoms with Crippen molar-refractivity contribution >= 4 is 40.9 Å². The summed E-state index contributed by atoms with van der Waals surface area (Å²) in [5.41, 5.74) is 3.51. The Balaban J connectivity index is 1.71. The lowest BCUT2D eigenvalue weighted by Crippen LogP contribution is -2.27. The topological polar surface area (TPSA) is 90.3 Å². The van der Waals surface area contributed by atoms with E-state index in [0.717, 1.165) is 36.3 Å². The first-order valence-corrected chi connectivity index (χ1v) is 9.30. The zero-order valence-corrected chi connectivity index (χ0v) is 15.8. The lowest BCUT2D eigenvalue weighted by molar-refractivity contribution is -0.140. The molecule has 29 heavy (non-hydrogen) atoms. The van der Waals surface area contributed by atoms with E-state index < -0.39 is 23.5 Å². The van der Waals surface area contributed by atoms with Crippen molar-refractivity contribution in [2.75, 3.05) is 11.4 Å². The van der Waals surface area contributed by atoms with Gasteiger partial charge in [0.2, 0.25) is 5.91 Å². The second-order valence-electron chi connectivity index (χ2n) is 6.93. The molecule has 2 aromatic rings. The highest BCUT2D eigenvalue weighted by Gasteiger charge is 2.36. The van der Waals surface area contributed by atoms with E-state index in [9.17, 15) is 19.5 Å². The van der Waals surface area contributed by atoms with Gasteiger partial charge in [0.25, 0.3) is 5.91 Å². The number of benzene rings is 2. The van der Waals surface area contributed by atoms with Gasteiger partial charge in [-0.25, -0.2) is 4.79 Å². The van der Waals surface area contributed by atoms with Crippen molar-refractivity contribution in [3.8, 4) is 0 Å². The van der Waals surface area contributed by atoms with Crippen molar-refractivity contribution in [2.45, 2.75) is 19.8 Å². The maximum atomic E-state index is 12.4. The van der Waals surface area contributed by atoms with E-state index in [0.29, 0.717) is 10.6 Å². The molecular formula is C22H19N3O4. The maximum absolute atomic E-state index is 12.4. The van der Waals surface area contributed by atoms with Gasteiger partial charge in [0.05, 0.1) is 5.57 Å². The van der Waals surface area contributed by atoms with E-state index in [2.05, 4.69) is 22.1 Å². The molecule has 4 rings (SSSR count). The largest absolute Gasteiger partial charge is 0.476 e. The number of aryl methyl sites for hydroxylation is 1. The van der Waals surface area contributed by atoms with Crippen molar-refractivity contribution in [3.05, 3.63) is 65.2 Å². The molecule has 0 unspecified atom stereocenters. The van der Waals surface area contributed by atoms with Crippen LogP contribution in [0.25, 0.3) is 6.08 Å². The number of hydrogen-bond donors (Lipinski definition) is 1. The first kappa shape index (κ1) is 18.6. The van der Waals surface area contributed by atoms with Gasteiger partial charge < -0.3 is 10.0 Å². The summed E-state index contributed by atoms with van der Waals surface area (Å²) in [5, 5.41) is 13.6. The molecule has 0 radical (unpaired) electrons. The molecule has 0 saturated heterocycles. The van der Waals surface area contributed by atoms with Gasteiger partial charge in [-0.3, -0.25) is 9.59 Å². The number of anilines is 2. The monoisotopic (exact) mass is 389 g/mol. The lowest BCUT2D eigenvalue weighted by Gasteiger charge is -2.31. The maximum Gasteiger partial charge on any atom is 0.357 e. The number of carboxylic acids is 1. The number of carbonyl (C=O) groups is 3. The molecule has 2 amide bonds. The van der Waals surface area contributed by atoms with Gasteiger partial charge in [-0.2, -0.15) is 10.1 Å². The molecule has 2 aromatic carbocycles. The SMILES string of the molecule is CC(=O)N1N=C(C(=O)O)/C(=C/c2ccc3c(c2)CCCN3c2ccccc2)C1=O. The van der Waals surface area contributed by atoms with Crippen LogP contribution in [0.2, 0.25) is 0 Å². The fourth-order valence-electron chi connectivity index (χ4n) is 3.67. The fourth-order valence-corrected chi connectivity index (χ4v) is 3.67. The van der Waals surface area contributed by atoms with Crippen LogP contribution < -0.4 is 4.90 Å². The van der Waals surface area contributed by atoms with Gasteiger partial charge in [0.15, 0.2) is 5.71 Å². The van der Waals surface area contributed by atoms with Crippen molar-refractivity contribution in [2.24, 2.45) is 5.10 Å². The Morgan fingerprint density at radius 3 is 2.59 bits per heavy atom. The summed E-state index contributed by atoms with van der Waals surface area (Å²) in [6.07, 6.45) is 3.36. The summed E-state index contributed by atoms with van der Waals surface area (Å²) in [7, 11) is 0. The predicted molar refractivity (Wildman–Crippen MR) is 109 cm³/mol. The van der Waals surface area contributed by atoms with Crippen molar-refractivity contribution in [1.82, 2.24) is 5.01 Å². The van der Waals surface area contributed by atoms with Gasteiger partial charge in [-0.1, -0.05) is 24.3 Å². The van der Waals surface area contributed by atoms with E-state index in [-0.39, 0.29) is 5.57 Å². The third-order valence-electron chi connectivity index (χ3n) is 4.98. The molecule has 0 aromatic heterocycles. The summed E-state index contributed by atoms with van der Waals surface area (Å²) < 4.78 is 0. The van der Waals surface area contributed by atoms with Crippen LogP contribution in [0, 0.1) is 0 Å². The number of carbonyl (C=O) groups excluding carboxylic acids is 2. The molecule has 0 fully saturated rings. The van der Waals surface area contributed by atoms with Crippen LogP contribution in [0.3, 0.4) is 0 Å². The highest BCUT2D eigenvalue weighted by molar-refractivity contribution is 6.52. The number of nitrogens with zero attached hydrogens (tertiary/aromatic N) is 3. The third-order valence-corrected chi connectivity index (χ3v) is 4.98. The molecule has 2 aliphatic heterocycles. The van der Waals surface area contributed by atoms with E-state index in [1.54, 1.807) is 0 Å². The summed E-state index contributed by atoms with van der Waals surface area (Å²) in [5.74, 6) is -2.69. The first-order valence-electron chi connectivity index (χ1n) is 9.30. The summed E-state index contributed by atoms with van der Waals surface area (Å²) in [4.78, 5) is 37.7. The molecule has 2 aliphatic rings. The van der Waals surface area contributed by atoms with E-state index in [4.69, 9.17) is 0 Å². The van der Waals surface area contributed by atoms with Gasteiger partial charge in [-0.05, 0) is 54.3 Å². The Morgan fingerprint density at radius 1 is 1.14 bits per heavy atom. The van der Waals surface area contributed by atoms with E-state index >= 15 is 0 Å². The van der Waals surface area contributed by atoms with Crippen molar-refractivity contribution in [1.29, 1.82) is 0 Å². The smallest absolute Gasteiger partial charge is 0.357 e. The Kier molecular flexibility index (Phi) is 4.72. The van der Waals surface area contributed by atoms with Crippen molar-refractivity contribution in [3.63, 3.8) is 0 Å². The van der Waals surface area contributed by atoms with Crippen LogP contribution in [0.5, 0.6) is 0 Å². The molecule has 0 saturated carbocycles. The third kappa shape index (κ3) is 3.42. The van der Waals surface area contributed by atoms with Gasteiger partial charge in [0, 0.05) is 24.8 Å². The van der Waals surface area contributed by atoms with Crippen LogP contribution >= 0.6 is 0 Å². The second-order valence-corrected chi connectivity index (χ2v) is 6.93. The fraction of sp³-hybridized carbons (Fsp3) is 0.182. The van der Waals surface area contributed by atoms with E-state index in [1.807, 2.05) is 36.4 Å². The summed E-state index contributed by atoms with van der Waals surface area (Å²) >= 11 is 0. The molecule has 146 valence electrons. The van der Waals surface area contributed by atoms with Gasteiger partial charge in [0.1, 0.15) is 0 Å². The van der Waals surface area contributed by atoms with Crippen LogP contribution in [0.1, 0.15) is 24.5 Å². The molecule has 7 nitrogen and oxygen atoms in total. The quantitative estimate of drug-likeness (QED) is 0.815. The first-order chi connectivity index (χ1) is 14.0. The zero-order valence-electron chi connectivity index (χ0n) is 15.8. The molecule has 0 bridgehead atoms. The zero-order chi connectivity index (χ0) is 20.5. The van der Waals surface area contributed by atoms with Crippen LogP contribution in [-0.4, -0.2) is 40.2 Å². The molecule has 2 heterocycles. The number of aliphatic carboxylic acids is 1. The minimum Gasteiger partial charge on any atom is -0.476 e. The number of hydrogen-bond acceptors (Lipinski definition) is 5. The van der Waals surface area contributed by atoms with Gasteiger partial charge in [-0.15, -0.1) is 0 Å². The second kappa shape index (κ2) is 7.35. The average Bonchev–Trinajstić information content (AvgIpc) is 3.05. The molecular weight excluding hydrogens is 370 g/mol. The summed E-state index contributed by atoms with van der Waals surface area (Å²) in [6.45, 7) is 2.08. The Labute approximate surface area is 167 Å². The van der Waals surface area contributed by atoms with Gasteiger partial charge >= 0.3 is 5.97 Å². The number of amides is 2. The molecule has 0 spiro atoms. The molecule has 7 heteroatoms. The Bertz CT molecular complexity index is 1070. The normalized spacial score (nSPS) is 17.3. The number of fused-ring (bicyclic) bond motifs is 1. The molecule has 0 atom stereocenters. The number of hydrazone groups is 1. The Hall–Kier alpha value is -3.74. The minimum atomic E-state index is -1.35. The van der Waals surface area contributed by atoms with Crippen LogP contribution in [0.15, 0.2) is 59.2 Å². The van der Waals surface area contributed by atoms with Crippen molar-refractivity contribution < 1.29 is 19.5 Å². The summed E-state index contributed by atoms with van der Waals surface area (Å²) in [6, 6.07) is 15.9.